The van der Waals surface area contributed by atoms with Crippen molar-refractivity contribution in [2.24, 2.45) is 17.8 Å². The molecule has 0 aliphatic carbocycles. The van der Waals surface area contributed by atoms with E-state index in [1.807, 2.05) is 65.0 Å². The molecule has 0 aromatic heterocycles. The molecule has 0 radical (unpaired) electrons. The molecule has 2 bridgehead atoms. The van der Waals surface area contributed by atoms with Gasteiger partial charge in [0, 0.05) is 17.3 Å². The minimum atomic E-state index is -0.703. The standard InChI is InChI=1S/C26H37N3O4S/c1-15(2)17(14-30)29-21(23(32)28-25(3,4)5)26-12-11-18(34-26)19(20(26)24(29)33)22(31)27-13-16-9-7-6-8-10-16/h6-10,15,17-21,30H,11-14H2,1-5H3,(H,27,31)(H,28,32)/t17-,18+,19-,20-,21?,26?/m0/s1. The maximum Gasteiger partial charge on any atom is 0.244 e. The number of hydrogen-bond acceptors (Lipinski definition) is 5. The van der Waals surface area contributed by atoms with Gasteiger partial charge in [-0.15, -0.1) is 11.8 Å². The van der Waals surface area contributed by atoms with E-state index in [0.29, 0.717) is 6.54 Å². The van der Waals surface area contributed by atoms with Gasteiger partial charge in [-0.3, -0.25) is 14.4 Å². The number of nitrogens with one attached hydrogen (secondary N) is 2. The van der Waals surface area contributed by atoms with E-state index < -0.39 is 34.2 Å². The third-order valence-electron chi connectivity index (χ3n) is 7.41. The van der Waals surface area contributed by atoms with Crippen LogP contribution >= 0.6 is 11.8 Å². The van der Waals surface area contributed by atoms with Gasteiger partial charge < -0.3 is 20.6 Å². The first kappa shape index (κ1) is 25.0. The molecule has 6 atom stereocenters. The van der Waals surface area contributed by atoms with Crippen molar-refractivity contribution in [3.63, 3.8) is 0 Å². The first-order valence-electron chi connectivity index (χ1n) is 12.2. The summed E-state index contributed by atoms with van der Waals surface area (Å²) >= 11 is 1.65. The van der Waals surface area contributed by atoms with Crippen molar-refractivity contribution in [1.29, 1.82) is 0 Å². The van der Waals surface area contributed by atoms with Crippen LogP contribution in [-0.2, 0) is 20.9 Å². The van der Waals surface area contributed by atoms with E-state index in [-0.39, 0.29) is 35.5 Å². The Kier molecular flexibility index (Phi) is 6.77. The lowest BCUT2D eigenvalue weighted by atomic mass is 9.70. The molecule has 1 aromatic carbocycles. The highest BCUT2D eigenvalue weighted by atomic mass is 32.2. The van der Waals surface area contributed by atoms with Gasteiger partial charge in [0.15, 0.2) is 0 Å². The lowest BCUT2D eigenvalue weighted by Crippen LogP contribution is -2.60. The normalized spacial score (nSPS) is 31.0. The molecule has 4 rings (SSSR count). The van der Waals surface area contributed by atoms with Gasteiger partial charge in [-0.2, -0.15) is 0 Å². The van der Waals surface area contributed by atoms with Gasteiger partial charge in [0.2, 0.25) is 17.7 Å². The zero-order chi connectivity index (χ0) is 24.8. The number of carbonyl (C=O) groups is 3. The highest BCUT2D eigenvalue weighted by Crippen LogP contribution is 2.66. The highest BCUT2D eigenvalue weighted by Gasteiger charge is 2.74. The molecule has 3 fully saturated rings. The fraction of sp³-hybridized carbons (Fsp3) is 0.654. The molecule has 3 heterocycles. The minimum absolute atomic E-state index is 0.0171. The van der Waals surface area contributed by atoms with Crippen LogP contribution in [0.5, 0.6) is 0 Å². The molecule has 2 unspecified atom stereocenters. The number of hydrogen-bond donors (Lipinski definition) is 3. The smallest absolute Gasteiger partial charge is 0.244 e. The third-order valence-corrected chi connectivity index (χ3v) is 9.36. The van der Waals surface area contributed by atoms with Crippen LogP contribution in [0.4, 0.5) is 0 Å². The quantitative estimate of drug-likeness (QED) is 0.548. The van der Waals surface area contributed by atoms with E-state index in [2.05, 4.69) is 10.6 Å². The van der Waals surface area contributed by atoms with Crippen molar-refractivity contribution in [1.82, 2.24) is 15.5 Å². The Morgan fingerprint density at radius 2 is 1.88 bits per heavy atom. The van der Waals surface area contributed by atoms with Gasteiger partial charge in [0.05, 0.1) is 29.2 Å². The van der Waals surface area contributed by atoms with Crippen LogP contribution in [0.2, 0.25) is 0 Å². The second kappa shape index (κ2) is 9.19. The summed E-state index contributed by atoms with van der Waals surface area (Å²) in [6.45, 7) is 9.86. The van der Waals surface area contributed by atoms with Crippen LogP contribution in [0.3, 0.4) is 0 Å². The van der Waals surface area contributed by atoms with Gasteiger partial charge in [0.1, 0.15) is 6.04 Å². The molecule has 0 saturated carbocycles. The fourth-order valence-corrected chi connectivity index (χ4v) is 8.22. The first-order chi connectivity index (χ1) is 16.0. The fourth-order valence-electron chi connectivity index (χ4n) is 6.01. The summed E-state index contributed by atoms with van der Waals surface area (Å²) in [7, 11) is 0. The number of rotatable bonds is 7. The topological polar surface area (TPSA) is 98.7 Å². The zero-order valence-electron chi connectivity index (χ0n) is 20.7. The second-order valence-corrected chi connectivity index (χ2v) is 12.8. The van der Waals surface area contributed by atoms with E-state index >= 15 is 0 Å². The van der Waals surface area contributed by atoms with Crippen molar-refractivity contribution in [3.8, 4) is 0 Å². The second-order valence-electron chi connectivity index (χ2n) is 11.2. The number of carbonyl (C=O) groups excluding carboxylic acids is 3. The minimum Gasteiger partial charge on any atom is -0.394 e. The van der Waals surface area contributed by atoms with Gasteiger partial charge in [-0.1, -0.05) is 44.2 Å². The van der Waals surface area contributed by atoms with E-state index in [9.17, 15) is 19.5 Å². The van der Waals surface area contributed by atoms with E-state index in [0.717, 1.165) is 18.4 Å². The molecule has 3 aliphatic heterocycles. The number of thioether (sulfide) groups is 1. The summed E-state index contributed by atoms with van der Waals surface area (Å²) in [5.41, 5.74) is 0.546. The number of likely N-dealkylation sites (tertiary alicyclic amines) is 1. The molecule has 34 heavy (non-hydrogen) atoms. The van der Waals surface area contributed by atoms with E-state index in [1.165, 1.54) is 0 Å². The summed E-state index contributed by atoms with van der Waals surface area (Å²) < 4.78 is -0.645. The Morgan fingerprint density at radius 1 is 1.21 bits per heavy atom. The summed E-state index contributed by atoms with van der Waals surface area (Å²) in [6.07, 6.45) is 1.52. The lowest BCUT2D eigenvalue weighted by molar-refractivity contribution is -0.144. The molecule has 1 aromatic rings. The number of aliphatic hydroxyl groups excluding tert-OH is 1. The summed E-state index contributed by atoms with van der Waals surface area (Å²) in [4.78, 5) is 42.7. The molecule has 7 nitrogen and oxygen atoms in total. The maximum atomic E-state index is 14.0. The number of fused-ring (bicyclic) bond motifs is 1. The largest absolute Gasteiger partial charge is 0.394 e. The first-order valence-corrected chi connectivity index (χ1v) is 13.1. The van der Waals surface area contributed by atoms with E-state index in [4.69, 9.17) is 0 Å². The average Bonchev–Trinajstić information content (AvgIpc) is 3.40. The van der Waals surface area contributed by atoms with Crippen LogP contribution < -0.4 is 10.6 Å². The van der Waals surface area contributed by atoms with Gasteiger partial charge in [0.25, 0.3) is 0 Å². The average molecular weight is 488 g/mol. The monoisotopic (exact) mass is 487 g/mol. The predicted molar refractivity (Wildman–Crippen MR) is 133 cm³/mol. The van der Waals surface area contributed by atoms with Crippen molar-refractivity contribution in [3.05, 3.63) is 35.9 Å². The Balaban J connectivity index is 1.67. The Morgan fingerprint density at radius 3 is 2.47 bits per heavy atom. The molecule has 3 saturated heterocycles. The van der Waals surface area contributed by atoms with Crippen LogP contribution in [0.15, 0.2) is 30.3 Å². The van der Waals surface area contributed by atoms with E-state index in [1.54, 1.807) is 16.7 Å². The number of nitrogens with zero attached hydrogens (tertiary/aromatic N) is 1. The van der Waals surface area contributed by atoms with Gasteiger partial charge in [-0.05, 0) is 45.1 Å². The molecular formula is C26H37N3O4S. The molecule has 3 aliphatic rings. The molecule has 3 amide bonds. The Bertz CT molecular complexity index is 947. The van der Waals surface area contributed by atoms with Crippen LogP contribution in [0, 0.1) is 17.8 Å². The summed E-state index contributed by atoms with van der Waals surface area (Å²) in [5.74, 6) is -1.55. The zero-order valence-corrected chi connectivity index (χ0v) is 21.5. The summed E-state index contributed by atoms with van der Waals surface area (Å²) in [5, 5.41) is 16.4. The molecule has 186 valence electrons. The molecular weight excluding hydrogens is 450 g/mol. The number of benzene rings is 1. The third kappa shape index (κ3) is 4.24. The SMILES string of the molecule is CC(C)[C@H](CO)N1C(=O)[C@@H]2[C@@H](C(=O)NCc3ccccc3)[C@H]3CCC2(S3)C1C(=O)NC(C)(C)C. The Hall–Kier alpha value is -2.06. The van der Waals surface area contributed by atoms with Crippen molar-refractivity contribution < 1.29 is 19.5 Å². The van der Waals surface area contributed by atoms with Gasteiger partial charge in [-0.25, -0.2) is 0 Å². The van der Waals surface area contributed by atoms with Crippen LogP contribution in [0.25, 0.3) is 0 Å². The maximum absolute atomic E-state index is 14.0. The van der Waals surface area contributed by atoms with Crippen molar-refractivity contribution in [2.45, 2.75) is 81.6 Å². The predicted octanol–water partition coefficient (Wildman–Crippen LogP) is 2.33. The lowest BCUT2D eigenvalue weighted by Gasteiger charge is -2.39. The number of amides is 3. The number of aliphatic hydroxyl groups is 1. The van der Waals surface area contributed by atoms with Crippen LogP contribution in [-0.4, -0.2) is 62.0 Å². The molecule has 3 N–H and O–H groups in total. The van der Waals surface area contributed by atoms with Crippen LogP contribution in [0.1, 0.15) is 53.0 Å². The van der Waals surface area contributed by atoms with Gasteiger partial charge >= 0.3 is 0 Å². The Labute approximate surface area is 206 Å². The molecule has 8 heteroatoms. The molecule has 1 spiro atoms. The highest BCUT2D eigenvalue weighted by molar-refractivity contribution is 8.02. The summed E-state index contributed by atoms with van der Waals surface area (Å²) in [6, 6.07) is 8.54. The van der Waals surface area contributed by atoms with Crippen molar-refractivity contribution in [2.75, 3.05) is 6.61 Å². The van der Waals surface area contributed by atoms with Crippen molar-refractivity contribution >= 4 is 29.5 Å².